The summed E-state index contributed by atoms with van der Waals surface area (Å²) in [6, 6.07) is 6.86. The fourth-order valence-corrected chi connectivity index (χ4v) is 3.01. The molecule has 0 amide bonds. The Labute approximate surface area is 124 Å². The summed E-state index contributed by atoms with van der Waals surface area (Å²) in [5.74, 6) is 5.87. The van der Waals surface area contributed by atoms with Crippen LogP contribution in [0.15, 0.2) is 18.2 Å². The van der Waals surface area contributed by atoms with Gasteiger partial charge in [-0.05, 0) is 58.3 Å². The summed E-state index contributed by atoms with van der Waals surface area (Å²) in [5.41, 5.74) is 7.10. The minimum atomic E-state index is 0.0223. The van der Waals surface area contributed by atoms with E-state index in [0.29, 0.717) is 0 Å². The van der Waals surface area contributed by atoms with Crippen LogP contribution in [0.4, 0.5) is 0 Å². The highest BCUT2D eigenvalue weighted by atomic mass is 15.3. The minimum absolute atomic E-state index is 0.0223. The Morgan fingerprint density at radius 2 is 1.80 bits per heavy atom. The van der Waals surface area contributed by atoms with Gasteiger partial charge in [-0.3, -0.25) is 16.2 Å². The molecule has 1 atom stereocenters. The van der Waals surface area contributed by atoms with Gasteiger partial charge in [0.1, 0.15) is 0 Å². The average Bonchev–Trinajstić information content (AvgIpc) is 2.40. The van der Waals surface area contributed by atoms with Crippen LogP contribution in [0, 0.1) is 13.8 Å². The first-order valence-electron chi connectivity index (χ1n) is 7.64. The second-order valence-electron chi connectivity index (χ2n) is 6.18. The molecule has 1 unspecified atom stereocenters. The zero-order valence-electron chi connectivity index (χ0n) is 14.0. The first-order valence-corrected chi connectivity index (χ1v) is 7.64. The highest BCUT2D eigenvalue weighted by Gasteiger charge is 2.33. The van der Waals surface area contributed by atoms with Crippen molar-refractivity contribution in [3.8, 4) is 0 Å². The van der Waals surface area contributed by atoms with Gasteiger partial charge < -0.3 is 0 Å². The van der Waals surface area contributed by atoms with Crippen molar-refractivity contribution in [2.75, 3.05) is 13.1 Å². The predicted octanol–water partition coefficient (Wildman–Crippen LogP) is 2.80. The van der Waals surface area contributed by atoms with E-state index in [4.69, 9.17) is 5.84 Å². The zero-order chi connectivity index (χ0) is 15.3. The van der Waals surface area contributed by atoms with Crippen LogP contribution in [0.5, 0.6) is 0 Å². The van der Waals surface area contributed by atoms with Crippen LogP contribution in [0.3, 0.4) is 0 Å². The Morgan fingerprint density at radius 1 is 1.20 bits per heavy atom. The van der Waals surface area contributed by atoms with Crippen molar-refractivity contribution < 1.29 is 0 Å². The summed E-state index contributed by atoms with van der Waals surface area (Å²) >= 11 is 0. The van der Waals surface area contributed by atoms with Crippen LogP contribution in [0.25, 0.3) is 0 Å². The fourth-order valence-electron chi connectivity index (χ4n) is 3.01. The molecular weight excluding hydrogens is 246 g/mol. The summed E-state index contributed by atoms with van der Waals surface area (Å²) in [6.45, 7) is 15.3. The van der Waals surface area contributed by atoms with Crippen molar-refractivity contribution in [3.05, 3.63) is 34.9 Å². The van der Waals surface area contributed by atoms with Gasteiger partial charge >= 0.3 is 0 Å². The number of aryl methyl sites for hydroxylation is 2. The van der Waals surface area contributed by atoms with E-state index in [-0.39, 0.29) is 11.6 Å². The van der Waals surface area contributed by atoms with E-state index in [2.05, 4.69) is 70.1 Å². The minimum Gasteiger partial charge on any atom is -0.297 e. The Morgan fingerprint density at radius 3 is 2.30 bits per heavy atom. The van der Waals surface area contributed by atoms with E-state index in [1.807, 2.05) is 0 Å². The van der Waals surface area contributed by atoms with Crippen molar-refractivity contribution >= 4 is 0 Å². The van der Waals surface area contributed by atoms with E-state index >= 15 is 0 Å². The first kappa shape index (κ1) is 17.2. The molecule has 3 heteroatoms. The molecule has 3 N–H and O–H groups in total. The van der Waals surface area contributed by atoms with Crippen LogP contribution in [0.1, 0.15) is 44.4 Å². The van der Waals surface area contributed by atoms with Crippen LogP contribution in [0.2, 0.25) is 0 Å². The molecule has 0 fully saturated rings. The number of hydrogen-bond donors (Lipinski definition) is 2. The van der Waals surface area contributed by atoms with Gasteiger partial charge in [0.05, 0.1) is 0 Å². The molecule has 1 aromatic rings. The average molecular weight is 277 g/mol. The van der Waals surface area contributed by atoms with Gasteiger partial charge in [0.15, 0.2) is 0 Å². The summed E-state index contributed by atoms with van der Waals surface area (Å²) in [6.07, 6.45) is 0.952. The van der Waals surface area contributed by atoms with Crippen molar-refractivity contribution in [2.24, 2.45) is 5.84 Å². The maximum absolute atomic E-state index is 5.87. The lowest BCUT2D eigenvalue weighted by molar-refractivity contribution is 0.0911. The van der Waals surface area contributed by atoms with E-state index in [0.717, 1.165) is 19.5 Å². The monoisotopic (exact) mass is 277 g/mol. The number of likely N-dealkylation sites (N-methyl/N-ethyl adjacent to an activating group) is 1. The van der Waals surface area contributed by atoms with Crippen LogP contribution in [-0.2, 0) is 6.42 Å². The molecular formula is C17H31N3. The molecule has 0 saturated carbocycles. The molecule has 0 radical (unpaired) electrons. The van der Waals surface area contributed by atoms with Crippen molar-refractivity contribution in [2.45, 2.75) is 59.5 Å². The van der Waals surface area contributed by atoms with Crippen molar-refractivity contribution in [1.29, 1.82) is 0 Å². The number of nitrogens with two attached hydrogens (primary N) is 1. The Balaban J connectivity index is 2.99. The SMILES string of the molecule is CCN(CC)C(C)(C)C(Cc1cc(C)ccc1C)NN. The molecule has 114 valence electrons. The lowest BCUT2D eigenvalue weighted by Gasteiger charge is -2.43. The van der Waals surface area contributed by atoms with E-state index < -0.39 is 0 Å². The quantitative estimate of drug-likeness (QED) is 0.595. The number of rotatable bonds is 7. The molecule has 1 rings (SSSR count). The molecule has 1 aromatic carbocycles. The number of hydrogen-bond acceptors (Lipinski definition) is 3. The number of benzene rings is 1. The third-order valence-corrected chi connectivity index (χ3v) is 4.56. The summed E-state index contributed by atoms with van der Waals surface area (Å²) < 4.78 is 0. The largest absolute Gasteiger partial charge is 0.297 e. The number of nitrogens with zero attached hydrogens (tertiary/aromatic N) is 1. The second kappa shape index (κ2) is 7.21. The van der Waals surface area contributed by atoms with E-state index in [1.165, 1.54) is 16.7 Å². The number of hydrazine groups is 1. The van der Waals surface area contributed by atoms with Crippen LogP contribution < -0.4 is 11.3 Å². The Kier molecular flexibility index (Phi) is 6.18. The third-order valence-electron chi connectivity index (χ3n) is 4.56. The van der Waals surface area contributed by atoms with Crippen molar-refractivity contribution in [1.82, 2.24) is 10.3 Å². The van der Waals surface area contributed by atoms with Gasteiger partial charge in [-0.2, -0.15) is 0 Å². The molecule has 0 spiro atoms. The highest BCUT2D eigenvalue weighted by Crippen LogP contribution is 2.23. The maximum atomic E-state index is 5.87. The highest BCUT2D eigenvalue weighted by molar-refractivity contribution is 5.31. The topological polar surface area (TPSA) is 41.3 Å². The second-order valence-corrected chi connectivity index (χ2v) is 6.18. The Bertz CT molecular complexity index is 422. The maximum Gasteiger partial charge on any atom is 0.0429 e. The van der Waals surface area contributed by atoms with E-state index in [1.54, 1.807) is 0 Å². The molecule has 0 aliphatic heterocycles. The number of nitrogens with one attached hydrogen (secondary N) is 1. The summed E-state index contributed by atoms with van der Waals surface area (Å²) in [7, 11) is 0. The van der Waals surface area contributed by atoms with Gasteiger partial charge in [-0.15, -0.1) is 0 Å². The molecule has 0 aliphatic rings. The normalized spacial score (nSPS) is 13.8. The molecule has 0 heterocycles. The lowest BCUT2D eigenvalue weighted by atomic mass is 9.86. The lowest BCUT2D eigenvalue weighted by Crippen LogP contribution is -2.60. The van der Waals surface area contributed by atoms with Gasteiger partial charge in [0, 0.05) is 11.6 Å². The van der Waals surface area contributed by atoms with Gasteiger partial charge in [0.2, 0.25) is 0 Å². The smallest absolute Gasteiger partial charge is 0.0429 e. The molecule has 20 heavy (non-hydrogen) atoms. The molecule has 0 bridgehead atoms. The fraction of sp³-hybridized carbons (Fsp3) is 0.647. The predicted molar refractivity (Wildman–Crippen MR) is 87.7 cm³/mol. The first-order chi connectivity index (χ1) is 9.36. The third kappa shape index (κ3) is 3.81. The van der Waals surface area contributed by atoms with Gasteiger partial charge in [-0.25, -0.2) is 0 Å². The molecule has 0 aliphatic carbocycles. The standard InChI is InChI=1S/C17H31N3/c1-7-20(8-2)17(5,6)16(19-18)12-15-11-13(3)9-10-14(15)4/h9-11,16,19H,7-8,12,18H2,1-6H3. The van der Waals surface area contributed by atoms with E-state index in [9.17, 15) is 0 Å². The van der Waals surface area contributed by atoms with Crippen molar-refractivity contribution in [3.63, 3.8) is 0 Å². The molecule has 0 aromatic heterocycles. The summed E-state index contributed by atoms with van der Waals surface area (Å²) in [4.78, 5) is 2.46. The molecule has 0 saturated heterocycles. The van der Waals surface area contributed by atoms with Crippen LogP contribution >= 0.6 is 0 Å². The zero-order valence-corrected chi connectivity index (χ0v) is 14.0. The van der Waals surface area contributed by atoms with Gasteiger partial charge in [-0.1, -0.05) is 37.6 Å². The van der Waals surface area contributed by atoms with Crippen LogP contribution in [-0.4, -0.2) is 29.6 Å². The van der Waals surface area contributed by atoms with Gasteiger partial charge in [0.25, 0.3) is 0 Å². The molecule has 3 nitrogen and oxygen atoms in total. The Hall–Kier alpha value is -0.900. The summed E-state index contributed by atoms with van der Waals surface area (Å²) in [5, 5.41) is 0.